The number of amides is 2. The number of halogens is 1. The van der Waals surface area contributed by atoms with Crippen molar-refractivity contribution in [3.63, 3.8) is 0 Å². The highest BCUT2D eigenvalue weighted by Crippen LogP contribution is 2.24. The van der Waals surface area contributed by atoms with Crippen LogP contribution in [0.3, 0.4) is 0 Å². The van der Waals surface area contributed by atoms with E-state index in [4.69, 9.17) is 4.74 Å². The van der Waals surface area contributed by atoms with Gasteiger partial charge in [-0.25, -0.2) is 4.39 Å². The highest BCUT2D eigenvalue weighted by Gasteiger charge is 2.20. The van der Waals surface area contributed by atoms with Gasteiger partial charge in [0.25, 0.3) is 0 Å². The van der Waals surface area contributed by atoms with Gasteiger partial charge in [-0.2, -0.15) is 0 Å². The Morgan fingerprint density at radius 3 is 2.44 bits per heavy atom. The molecule has 0 atom stereocenters. The van der Waals surface area contributed by atoms with Gasteiger partial charge in [-0.1, -0.05) is 42.1 Å². The third-order valence-corrected chi connectivity index (χ3v) is 5.47. The molecule has 0 bridgehead atoms. The fourth-order valence-corrected chi connectivity index (χ4v) is 3.94. The summed E-state index contributed by atoms with van der Waals surface area (Å²) >= 11 is 1.20. The number of thioether (sulfide) groups is 1. The van der Waals surface area contributed by atoms with E-state index in [1.807, 2.05) is 51.1 Å². The second kappa shape index (κ2) is 11.1. The van der Waals surface area contributed by atoms with Gasteiger partial charge in [0.2, 0.25) is 11.8 Å². The van der Waals surface area contributed by atoms with E-state index in [-0.39, 0.29) is 42.0 Å². The number of carbonyl (C=O) groups excluding carboxylic acids is 2. The smallest absolute Gasteiger partial charge is 0.240 e. The molecule has 0 aliphatic carbocycles. The summed E-state index contributed by atoms with van der Waals surface area (Å²) in [4.78, 5) is 26.1. The van der Waals surface area contributed by atoms with Gasteiger partial charge in [-0.15, -0.1) is 10.2 Å². The van der Waals surface area contributed by atoms with E-state index in [9.17, 15) is 14.0 Å². The third-order valence-electron chi connectivity index (χ3n) is 4.55. The molecule has 10 heteroatoms. The number of nitrogens with one attached hydrogen (secondary N) is 1. The van der Waals surface area contributed by atoms with Crippen LogP contribution in [0.4, 0.5) is 4.39 Å². The summed E-state index contributed by atoms with van der Waals surface area (Å²) in [6, 6.07) is 15.5. The van der Waals surface area contributed by atoms with E-state index in [1.165, 1.54) is 22.7 Å². The van der Waals surface area contributed by atoms with Crippen LogP contribution in [-0.2, 0) is 16.2 Å². The van der Waals surface area contributed by atoms with E-state index < -0.39 is 5.82 Å². The van der Waals surface area contributed by atoms with Gasteiger partial charge in [0.15, 0.2) is 22.5 Å². The zero-order chi connectivity index (χ0) is 24.7. The van der Waals surface area contributed by atoms with Crippen molar-refractivity contribution in [3.8, 4) is 11.4 Å². The standard InChI is InChI=1S/C24H28FN5O3S/c1-24(2,3)26-21(31)14-29(4)22(32)16-34-23-28-27-20(30(23)17-10-6-5-7-11-17)15-33-19-13-9-8-12-18(19)25/h5-13H,14-16H2,1-4H3,(H,26,31). The van der Waals surface area contributed by atoms with E-state index >= 15 is 0 Å². The average molecular weight is 486 g/mol. The van der Waals surface area contributed by atoms with Gasteiger partial charge >= 0.3 is 0 Å². The number of rotatable bonds is 9. The second-order valence-corrected chi connectivity index (χ2v) is 9.57. The molecular weight excluding hydrogens is 457 g/mol. The predicted molar refractivity (Wildman–Crippen MR) is 128 cm³/mol. The fourth-order valence-electron chi connectivity index (χ4n) is 3.03. The van der Waals surface area contributed by atoms with Crippen LogP contribution in [0.25, 0.3) is 5.69 Å². The van der Waals surface area contributed by atoms with Crippen LogP contribution < -0.4 is 10.1 Å². The molecule has 3 rings (SSSR count). The molecule has 2 amide bonds. The van der Waals surface area contributed by atoms with E-state index in [0.717, 1.165) is 5.69 Å². The van der Waals surface area contributed by atoms with Gasteiger partial charge in [0, 0.05) is 18.3 Å². The summed E-state index contributed by atoms with van der Waals surface area (Å²) in [6.07, 6.45) is 0. The first-order valence-corrected chi connectivity index (χ1v) is 11.7. The Bertz CT molecular complexity index is 1130. The first-order chi connectivity index (χ1) is 16.1. The molecule has 2 aromatic carbocycles. The molecular formula is C24H28FN5O3S. The Kier molecular flexibility index (Phi) is 8.27. The Morgan fingerprint density at radius 2 is 1.76 bits per heavy atom. The van der Waals surface area contributed by atoms with Crippen molar-refractivity contribution in [3.05, 3.63) is 66.2 Å². The van der Waals surface area contributed by atoms with Crippen molar-refractivity contribution < 1.29 is 18.7 Å². The van der Waals surface area contributed by atoms with Crippen LogP contribution in [0.2, 0.25) is 0 Å². The number of nitrogens with zero attached hydrogens (tertiary/aromatic N) is 4. The van der Waals surface area contributed by atoms with E-state index in [0.29, 0.717) is 11.0 Å². The molecule has 1 heterocycles. The highest BCUT2D eigenvalue weighted by molar-refractivity contribution is 7.99. The largest absolute Gasteiger partial charge is 0.483 e. The lowest BCUT2D eigenvalue weighted by Gasteiger charge is -2.23. The van der Waals surface area contributed by atoms with Crippen molar-refractivity contribution in [2.75, 3.05) is 19.3 Å². The monoisotopic (exact) mass is 485 g/mol. The number of carbonyl (C=O) groups is 2. The number of hydrogen-bond donors (Lipinski definition) is 1. The lowest BCUT2D eigenvalue weighted by molar-refractivity contribution is -0.133. The second-order valence-electron chi connectivity index (χ2n) is 8.63. The van der Waals surface area contributed by atoms with Crippen LogP contribution in [-0.4, -0.2) is 56.4 Å². The van der Waals surface area contributed by atoms with Crippen molar-refractivity contribution in [1.82, 2.24) is 25.0 Å². The van der Waals surface area contributed by atoms with E-state index in [2.05, 4.69) is 15.5 Å². The minimum atomic E-state index is -0.466. The number of para-hydroxylation sites is 2. The third kappa shape index (κ3) is 7.05. The average Bonchev–Trinajstić information content (AvgIpc) is 3.18. The van der Waals surface area contributed by atoms with Gasteiger partial charge in [-0.05, 0) is 45.0 Å². The molecule has 0 saturated heterocycles. The Hall–Kier alpha value is -3.40. The molecule has 0 fully saturated rings. The van der Waals surface area contributed by atoms with Gasteiger partial charge in [0.05, 0.1) is 12.3 Å². The summed E-state index contributed by atoms with van der Waals surface area (Å²) in [5.41, 5.74) is 0.413. The maximum Gasteiger partial charge on any atom is 0.240 e. The van der Waals surface area contributed by atoms with Gasteiger partial charge < -0.3 is 15.0 Å². The minimum Gasteiger partial charge on any atom is -0.483 e. The lowest BCUT2D eigenvalue weighted by Crippen LogP contribution is -2.46. The maximum absolute atomic E-state index is 13.9. The highest BCUT2D eigenvalue weighted by atomic mass is 32.2. The fraction of sp³-hybridized carbons (Fsp3) is 0.333. The molecule has 34 heavy (non-hydrogen) atoms. The van der Waals surface area contributed by atoms with Gasteiger partial charge in [-0.3, -0.25) is 14.2 Å². The normalized spacial score (nSPS) is 11.2. The molecule has 0 aliphatic rings. The predicted octanol–water partition coefficient (Wildman–Crippen LogP) is 3.45. The van der Waals surface area contributed by atoms with Crippen LogP contribution in [0.5, 0.6) is 5.75 Å². The van der Waals surface area contributed by atoms with Crippen molar-refractivity contribution in [1.29, 1.82) is 0 Å². The van der Waals surface area contributed by atoms with Crippen molar-refractivity contribution in [2.45, 2.75) is 38.1 Å². The summed E-state index contributed by atoms with van der Waals surface area (Å²) < 4.78 is 21.3. The van der Waals surface area contributed by atoms with Crippen molar-refractivity contribution in [2.24, 2.45) is 0 Å². The van der Waals surface area contributed by atoms with E-state index in [1.54, 1.807) is 29.8 Å². The molecule has 0 saturated carbocycles. The first kappa shape index (κ1) is 25.2. The van der Waals surface area contributed by atoms with Crippen LogP contribution >= 0.6 is 11.8 Å². The number of ether oxygens (including phenoxy) is 1. The topological polar surface area (TPSA) is 89.3 Å². The minimum absolute atomic E-state index is 0.00971. The maximum atomic E-state index is 13.9. The summed E-state index contributed by atoms with van der Waals surface area (Å²) in [6.45, 7) is 5.60. The molecule has 180 valence electrons. The SMILES string of the molecule is CN(CC(=O)NC(C)(C)C)C(=O)CSc1nnc(COc2ccccc2F)n1-c1ccccc1. The van der Waals surface area contributed by atoms with Crippen LogP contribution in [0, 0.1) is 5.82 Å². The van der Waals surface area contributed by atoms with Gasteiger partial charge in [0.1, 0.15) is 6.61 Å². The molecule has 1 aromatic heterocycles. The number of benzene rings is 2. The molecule has 8 nitrogen and oxygen atoms in total. The van der Waals surface area contributed by atoms with Crippen molar-refractivity contribution >= 4 is 23.6 Å². The summed E-state index contributed by atoms with van der Waals surface area (Å²) in [7, 11) is 1.58. The Morgan fingerprint density at radius 1 is 1.09 bits per heavy atom. The number of likely N-dealkylation sites (N-methyl/N-ethyl adjacent to an activating group) is 1. The van der Waals surface area contributed by atoms with Crippen LogP contribution in [0.1, 0.15) is 26.6 Å². The quantitative estimate of drug-likeness (QED) is 0.467. The zero-order valence-electron chi connectivity index (χ0n) is 19.6. The first-order valence-electron chi connectivity index (χ1n) is 10.7. The number of hydrogen-bond acceptors (Lipinski definition) is 6. The summed E-state index contributed by atoms with van der Waals surface area (Å²) in [5, 5.41) is 11.7. The molecule has 3 aromatic rings. The molecule has 0 spiro atoms. The molecule has 1 N–H and O–H groups in total. The Balaban J connectivity index is 1.71. The molecule has 0 radical (unpaired) electrons. The Labute approximate surface area is 202 Å². The zero-order valence-corrected chi connectivity index (χ0v) is 20.4. The number of aromatic nitrogens is 3. The molecule has 0 aliphatic heterocycles. The molecule has 0 unspecified atom stereocenters. The van der Waals surface area contributed by atoms with Crippen LogP contribution in [0.15, 0.2) is 59.8 Å². The lowest BCUT2D eigenvalue weighted by atomic mass is 10.1. The summed E-state index contributed by atoms with van der Waals surface area (Å²) in [5.74, 6) is -0.272.